The van der Waals surface area contributed by atoms with Crippen molar-refractivity contribution in [3.8, 4) is 0 Å². The van der Waals surface area contributed by atoms with Gasteiger partial charge in [-0.2, -0.15) is 0 Å². The molecule has 3 rings (SSSR count). The Balaban J connectivity index is 1.50. The molecule has 0 bridgehead atoms. The number of carbonyl (C=O) groups excluding carboxylic acids is 1. The summed E-state index contributed by atoms with van der Waals surface area (Å²) in [5, 5.41) is 119. The van der Waals surface area contributed by atoms with Crippen LogP contribution in [0.1, 0.15) is 174 Å². The molecule has 0 aromatic rings. The fourth-order valence-electron chi connectivity index (χ4n) is 9.25. The van der Waals surface area contributed by atoms with Crippen molar-refractivity contribution in [2.45, 2.75) is 279 Å². The lowest BCUT2D eigenvalue weighted by Gasteiger charge is -2.48. The van der Waals surface area contributed by atoms with Crippen molar-refractivity contribution >= 4 is 5.91 Å². The van der Waals surface area contributed by atoms with E-state index in [0.29, 0.717) is 12.8 Å². The molecule has 3 heterocycles. The Kier molecular flexibility index (Phi) is 31.5. The van der Waals surface area contributed by atoms with Gasteiger partial charge in [-0.1, -0.05) is 155 Å². The van der Waals surface area contributed by atoms with Gasteiger partial charge in [0.2, 0.25) is 5.91 Å². The van der Waals surface area contributed by atoms with Crippen molar-refractivity contribution in [3.05, 3.63) is 0 Å². The average molecular weight is 984 g/mol. The molecule has 0 saturated carbocycles. The van der Waals surface area contributed by atoms with Crippen LogP contribution in [0.4, 0.5) is 0 Å². The molecule has 0 aromatic carbocycles. The zero-order chi connectivity index (χ0) is 49.8. The van der Waals surface area contributed by atoms with E-state index in [1.165, 1.54) is 83.5 Å². The van der Waals surface area contributed by atoms with Crippen molar-refractivity contribution in [2.75, 3.05) is 26.4 Å². The van der Waals surface area contributed by atoms with Crippen LogP contribution in [-0.2, 0) is 33.2 Å². The van der Waals surface area contributed by atoms with Gasteiger partial charge in [0.05, 0.1) is 38.6 Å². The molecular formula is C49H93NO18. The summed E-state index contributed by atoms with van der Waals surface area (Å²) >= 11 is 0. The van der Waals surface area contributed by atoms with Crippen LogP contribution >= 0.6 is 0 Å². The van der Waals surface area contributed by atoms with Crippen molar-refractivity contribution in [2.24, 2.45) is 0 Å². The first kappa shape index (κ1) is 61.1. The smallest absolute Gasteiger partial charge is 0.220 e. The number of ether oxygens (including phenoxy) is 6. The Morgan fingerprint density at radius 2 is 0.838 bits per heavy atom. The molecule has 1 amide bonds. The predicted molar refractivity (Wildman–Crippen MR) is 250 cm³/mol. The van der Waals surface area contributed by atoms with Crippen molar-refractivity contribution in [1.82, 2.24) is 5.32 Å². The van der Waals surface area contributed by atoms with E-state index in [2.05, 4.69) is 19.2 Å². The summed E-state index contributed by atoms with van der Waals surface area (Å²) in [6.07, 6.45) is 1.09. The number of hydrogen-bond donors (Lipinski definition) is 12. The zero-order valence-electron chi connectivity index (χ0n) is 41.1. The van der Waals surface area contributed by atoms with Crippen LogP contribution < -0.4 is 5.32 Å². The predicted octanol–water partition coefficient (Wildman–Crippen LogP) is 2.09. The molecule has 402 valence electrons. The molecule has 0 aromatic heterocycles. The van der Waals surface area contributed by atoms with Gasteiger partial charge in [-0.25, -0.2) is 0 Å². The number of carbonyl (C=O) groups is 1. The second-order valence-corrected chi connectivity index (χ2v) is 19.4. The van der Waals surface area contributed by atoms with Gasteiger partial charge in [0, 0.05) is 6.42 Å². The third-order valence-electron chi connectivity index (χ3n) is 13.7. The van der Waals surface area contributed by atoms with Crippen LogP contribution in [-0.4, -0.2) is 193 Å². The molecule has 0 radical (unpaired) electrons. The molecule has 68 heavy (non-hydrogen) atoms. The summed E-state index contributed by atoms with van der Waals surface area (Å²) in [5.74, 6) is -0.252. The molecule has 0 aliphatic carbocycles. The zero-order valence-corrected chi connectivity index (χ0v) is 41.1. The van der Waals surface area contributed by atoms with Crippen molar-refractivity contribution < 1.29 is 89.4 Å². The number of hydrogen-bond acceptors (Lipinski definition) is 18. The third kappa shape index (κ3) is 20.7. The van der Waals surface area contributed by atoms with Gasteiger partial charge >= 0.3 is 0 Å². The van der Waals surface area contributed by atoms with Crippen LogP contribution in [0, 0.1) is 0 Å². The first-order chi connectivity index (χ1) is 32.8. The lowest BCUT2D eigenvalue weighted by Crippen LogP contribution is -2.66. The second kappa shape index (κ2) is 35.0. The molecule has 19 nitrogen and oxygen atoms in total. The normalized spacial score (nSPS) is 33.1. The maximum absolute atomic E-state index is 13.1. The van der Waals surface area contributed by atoms with Gasteiger partial charge in [0.15, 0.2) is 18.9 Å². The van der Waals surface area contributed by atoms with Crippen LogP contribution in [0.5, 0.6) is 0 Å². The number of nitrogens with one attached hydrogen (secondary N) is 1. The molecule has 12 N–H and O–H groups in total. The Morgan fingerprint density at radius 3 is 1.28 bits per heavy atom. The summed E-state index contributed by atoms with van der Waals surface area (Å²) in [6, 6.07) is -0.876. The first-order valence-electron chi connectivity index (χ1n) is 26.3. The van der Waals surface area contributed by atoms with Crippen LogP contribution in [0.15, 0.2) is 0 Å². The van der Waals surface area contributed by atoms with E-state index in [9.17, 15) is 61.0 Å². The molecule has 3 fully saturated rings. The maximum atomic E-state index is 13.1. The van der Waals surface area contributed by atoms with E-state index in [4.69, 9.17) is 28.4 Å². The van der Waals surface area contributed by atoms with E-state index in [1.54, 1.807) is 0 Å². The van der Waals surface area contributed by atoms with E-state index < -0.39 is 124 Å². The summed E-state index contributed by atoms with van der Waals surface area (Å²) < 4.78 is 34.1. The molecule has 17 unspecified atom stereocenters. The Bertz CT molecular complexity index is 1270. The average Bonchev–Trinajstić information content (AvgIpc) is 3.33. The van der Waals surface area contributed by atoms with E-state index in [1.807, 2.05) is 0 Å². The van der Waals surface area contributed by atoms with Crippen LogP contribution in [0.2, 0.25) is 0 Å². The van der Waals surface area contributed by atoms with Crippen molar-refractivity contribution in [3.63, 3.8) is 0 Å². The van der Waals surface area contributed by atoms with Gasteiger partial charge in [0.1, 0.15) is 73.2 Å². The molecule has 17 atom stereocenters. The SMILES string of the molecule is CCCCCCCCCCCCCCCCCCCC(O)C(COC1OC(CO)C(OC2OC(CO)C(OC3OC(CO)C(O)C(O)C3O)C(O)C2O)C(O)C1O)NC(=O)CCCCCCCC. The highest BCUT2D eigenvalue weighted by atomic mass is 16.8. The van der Waals surface area contributed by atoms with Gasteiger partial charge in [0.25, 0.3) is 0 Å². The first-order valence-corrected chi connectivity index (χ1v) is 26.3. The maximum Gasteiger partial charge on any atom is 0.220 e. The molecular weight excluding hydrogens is 891 g/mol. The van der Waals surface area contributed by atoms with E-state index >= 15 is 0 Å². The fourth-order valence-corrected chi connectivity index (χ4v) is 9.25. The minimum Gasteiger partial charge on any atom is -0.394 e. The van der Waals surface area contributed by atoms with Gasteiger partial charge in [-0.3, -0.25) is 4.79 Å². The van der Waals surface area contributed by atoms with E-state index in [0.717, 1.165) is 57.8 Å². The molecule has 3 aliphatic rings. The topological polar surface area (TPSA) is 307 Å². The fraction of sp³-hybridized carbons (Fsp3) is 0.980. The summed E-state index contributed by atoms with van der Waals surface area (Å²) in [4.78, 5) is 13.1. The quantitative estimate of drug-likeness (QED) is 0.0397. The highest BCUT2D eigenvalue weighted by Crippen LogP contribution is 2.33. The number of aliphatic hydroxyl groups is 11. The molecule has 3 aliphatic heterocycles. The highest BCUT2D eigenvalue weighted by Gasteiger charge is 2.53. The number of amides is 1. The highest BCUT2D eigenvalue weighted by molar-refractivity contribution is 5.76. The standard InChI is InChI=1S/C49H93NO18/c1-3-5-7-9-11-12-13-14-15-16-17-18-19-20-21-22-24-26-33(54)32(50-37(55)27-25-23-10-8-6-4-2)31-63-47-43(61)40(58)45(35(29-52)65-47)68-49-44(62)41(59)46(36(30-53)66-49)67-48-42(60)39(57)38(56)34(28-51)64-48/h32-36,38-49,51-54,56-62H,3-31H2,1-2H3,(H,50,55). The number of unbranched alkanes of at least 4 members (excludes halogenated alkanes) is 21. The Labute approximate surface area is 404 Å². The third-order valence-corrected chi connectivity index (χ3v) is 13.7. The van der Waals surface area contributed by atoms with E-state index in [-0.39, 0.29) is 18.9 Å². The minimum atomic E-state index is -1.97. The molecule has 0 spiro atoms. The van der Waals surface area contributed by atoms with Gasteiger partial charge < -0.3 is 89.9 Å². The summed E-state index contributed by atoms with van der Waals surface area (Å²) in [5.41, 5.74) is 0. The Morgan fingerprint density at radius 1 is 0.471 bits per heavy atom. The lowest BCUT2D eigenvalue weighted by molar-refractivity contribution is -0.379. The lowest BCUT2D eigenvalue weighted by atomic mass is 9.96. The monoisotopic (exact) mass is 984 g/mol. The minimum absolute atomic E-state index is 0.252. The van der Waals surface area contributed by atoms with Crippen molar-refractivity contribution in [1.29, 1.82) is 0 Å². The Hall–Kier alpha value is -1.21. The summed E-state index contributed by atoms with van der Waals surface area (Å²) in [7, 11) is 0. The van der Waals surface area contributed by atoms with Gasteiger partial charge in [-0.15, -0.1) is 0 Å². The molecule has 3 saturated heterocycles. The van der Waals surface area contributed by atoms with Gasteiger partial charge in [-0.05, 0) is 12.8 Å². The van der Waals surface area contributed by atoms with Crippen LogP contribution in [0.25, 0.3) is 0 Å². The largest absolute Gasteiger partial charge is 0.394 e. The number of rotatable bonds is 37. The van der Waals surface area contributed by atoms with Crippen LogP contribution in [0.3, 0.4) is 0 Å². The summed E-state index contributed by atoms with van der Waals surface area (Å²) in [6.45, 7) is 1.70. The molecule has 19 heteroatoms. The second-order valence-electron chi connectivity index (χ2n) is 19.4. The number of aliphatic hydroxyl groups excluding tert-OH is 11.